The van der Waals surface area contributed by atoms with E-state index in [1.807, 2.05) is 0 Å². The topological polar surface area (TPSA) is 0 Å². The van der Waals surface area contributed by atoms with Gasteiger partial charge in [-0.15, -0.1) is 0 Å². The minimum absolute atomic E-state index is 1.07. The molecule has 0 aliphatic heterocycles. The van der Waals surface area contributed by atoms with Gasteiger partial charge in [0.05, 0.1) is 8.07 Å². The SMILES string of the molecule is Cc1ccc([Si](C)(C)C)c([SiH3])c1. The average Bonchev–Trinajstić information content (AvgIpc) is 1.83. The first-order valence-corrected chi connectivity index (χ1v) is 8.99. The summed E-state index contributed by atoms with van der Waals surface area (Å²) in [6.45, 7) is 9.42. The van der Waals surface area contributed by atoms with Crippen molar-refractivity contribution in [3.05, 3.63) is 23.8 Å². The van der Waals surface area contributed by atoms with Gasteiger partial charge < -0.3 is 0 Å². The largest absolute Gasteiger partial charge is 0.0773 e. The Kier molecular flexibility index (Phi) is 2.59. The van der Waals surface area contributed by atoms with Crippen LogP contribution in [0.3, 0.4) is 0 Å². The molecule has 0 N–H and O–H groups in total. The highest BCUT2D eigenvalue weighted by atomic mass is 28.3. The van der Waals surface area contributed by atoms with E-state index in [9.17, 15) is 0 Å². The molecule has 0 atom stereocenters. The van der Waals surface area contributed by atoms with Crippen LogP contribution in [0.15, 0.2) is 18.2 Å². The number of benzene rings is 1. The van der Waals surface area contributed by atoms with E-state index in [-0.39, 0.29) is 0 Å². The first-order chi connectivity index (χ1) is 5.41. The van der Waals surface area contributed by atoms with Crippen molar-refractivity contribution in [2.24, 2.45) is 0 Å². The molecule has 0 amide bonds. The van der Waals surface area contributed by atoms with Gasteiger partial charge in [0.15, 0.2) is 0 Å². The van der Waals surface area contributed by atoms with E-state index in [1.54, 1.807) is 10.4 Å². The van der Waals surface area contributed by atoms with Crippen molar-refractivity contribution in [1.82, 2.24) is 0 Å². The molecule has 0 bridgehead atoms. The van der Waals surface area contributed by atoms with Crippen LogP contribution in [0.5, 0.6) is 0 Å². The lowest BCUT2D eigenvalue weighted by Gasteiger charge is -2.19. The Morgan fingerprint density at radius 1 is 1.17 bits per heavy atom. The Hall–Kier alpha value is -0.346. The molecule has 1 aromatic rings. The minimum Gasteiger partial charge on any atom is -0.0712 e. The van der Waals surface area contributed by atoms with Gasteiger partial charge in [0.1, 0.15) is 0 Å². The zero-order valence-corrected chi connectivity index (χ0v) is 11.7. The van der Waals surface area contributed by atoms with Gasteiger partial charge in [-0.3, -0.25) is 0 Å². The zero-order valence-electron chi connectivity index (χ0n) is 8.73. The van der Waals surface area contributed by atoms with E-state index in [0.717, 1.165) is 0 Å². The maximum Gasteiger partial charge on any atom is 0.0773 e. The molecule has 0 aromatic heterocycles. The monoisotopic (exact) mass is 194 g/mol. The van der Waals surface area contributed by atoms with E-state index in [1.165, 1.54) is 15.8 Å². The molecular formula is C10H18Si2. The molecule has 0 saturated heterocycles. The van der Waals surface area contributed by atoms with E-state index < -0.39 is 8.07 Å². The minimum atomic E-state index is -1.07. The lowest BCUT2D eigenvalue weighted by molar-refractivity contribution is 1.50. The normalized spacial score (nSPS) is 12.0. The summed E-state index contributed by atoms with van der Waals surface area (Å²) in [4.78, 5) is 0. The van der Waals surface area contributed by atoms with Crippen molar-refractivity contribution in [2.45, 2.75) is 26.6 Å². The summed E-state index contributed by atoms with van der Waals surface area (Å²) in [5.74, 6) is 0. The van der Waals surface area contributed by atoms with Crippen LogP contribution in [0.4, 0.5) is 0 Å². The van der Waals surface area contributed by atoms with E-state index >= 15 is 0 Å². The standard InChI is InChI=1S/C10H18Si2/c1-8-5-6-10(9(11)7-8)12(2,3)4/h5-7H,1-4,11H3. The van der Waals surface area contributed by atoms with Crippen LogP contribution in [0.2, 0.25) is 19.6 Å². The highest BCUT2D eigenvalue weighted by molar-refractivity contribution is 6.91. The molecule has 12 heavy (non-hydrogen) atoms. The van der Waals surface area contributed by atoms with Crippen molar-refractivity contribution in [1.29, 1.82) is 0 Å². The van der Waals surface area contributed by atoms with Gasteiger partial charge in [0.25, 0.3) is 0 Å². The fraction of sp³-hybridized carbons (Fsp3) is 0.400. The highest BCUT2D eigenvalue weighted by Crippen LogP contribution is 2.01. The summed E-state index contributed by atoms with van der Waals surface area (Å²) >= 11 is 0. The Balaban J connectivity index is 3.19. The second kappa shape index (κ2) is 3.19. The van der Waals surface area contributed by atoms with Crippen LogP contribution in [0.1, 0.15) is 5.56 Å². The van der Waals surface area contributed by atoms with Gasteiger partial charge in [-0.05, 0) is 6.92 Å². The van der Waals surface area contributed by atoms with Crippen molar-refractivity contribution >= 4 is 28.7 Å². The van der Waals surface area contributed by atoms with Gasteiger partial charge in [-0.2, -0.15) is 0 Å². The predicted octanol–water partition coefficient (Wildman–Crippen LogP) is 0.531. The predicted molar refractivity (Wildman–Crippen MR) is 63.7 cm³/mol. The molecule has 0 aliphatic carbocycles. The fourth-order valence-corrected chi connectivity index (χ4v) is 6.37. The van der Waals surface area contributed by atoms with Crippen molar-refractivity contribution in [3.63, 3.8) is 0 Å². The number of rotatable bonds is 1. The lowest BCUT2D eigenvalue weighted by Crippen LogP contribution is -2.46. The van der Waals surface area contributed by atoms with Crippen LogP contribution < -0.4 is 10.4 Å². The first kappa shape index (κ1) is 9.74. The maximum atomic E-state index is 2.42. The molecule has 0 saturated carbocycles. The third-order valence-corrected chi connectivity index (χ3v) is 5.69. The highest BCUT2D eigenvalue weighted by Gasteiger charge is 2.17. The molecule has 0 fully saturated rings. The summed E-state index contributed by atoms with van der Waals surface area (Å²) in [6.07, 6.45) is 0. The molecule has 2 heteroatoms. The molecule has 0 nitrogen and oxygen atoms in total. The van der Waals surface area contributed by atoms with E-state index in [0.29, 0.717) is 0 Å². The Bertz CT molecular complexity index is 284. The number of hydrogen-bond donors (Lipinski definition) is 0. The second-order valence-corrected chi connectivity index (χ2v) is 10.7. The van der Waals surface area contributed by atoms with Gasteiger partial charge in [-0.25, -0.2) is 0 Å². The van der Waals surface area contributed by atoms with E-state index in [4.69, 9.17) is 0 Å². The van der Waals surface area contributed by atoms with Crippen LogP contribution >= 0.6 is 0 Å². The molecule has 0 heterocycles. The van der Waals surface area contributed by atoms with Crippen molar-refractivity contribution in [3.8, 4) is 0 Å². The summed E-state index contributed by atoms with van der Waals surface area (Å²) in [5.41, 5.74) is 1.40. The molecule has 0 aliphatic rings. The van der Waals surface area contributed by atoms with E-state index in [2.05, 4.69) is 44.8 Å². The van der Waals surface area contributed by atoms with Crippen LogP contribution in [-0.4, -0.2) is 18.3 Å². The summed E-state index contributed by atoms with van der Waals surface area (Å²) in [5, 5.41) is 3.26. The van der Waals surface area contributed by atoms with Crippen LogP contribution in [-0.2, 0) is 0 Å². The molecule has 0 unspecified atom stereocenters. The molecule has 0 spiro atoms. The van der Waals surface area contributed by atoms with Gasteiger partial charge in [0.2, 0.25) is 0 Å². The quantitative estimate of drug-likeness (QED) is 0.572. The number of aryl methyl sites for hydroxylation is 1. The molecule has 0 radical (unpaired) electrons. The van der Waals surface area contributed by atoms with Crippen molar-refractivity contribution < 1.29 is 0 Å². The zero-order chi connectivity index (χ0) is 9.35. The Morgan fingerprint density at radius 2 is 1.75 bits per heavy atom. The van der Waals surface area contributed by atoms with Crippen molar-refractivity contribution in [2.75, 3.05) is 0 Å². The molecule has 66 valence electrons. The molecular weight excluding hydrogens is 176 g/mol. The van der Waals surface area contributed by atoms with Gasteiger partial charge in [0, 0.05) is 10.2 Å². The Morgan fingerprint density at radius 3 is 2.17 bits per heavy atom. The molecule has 1 rings (SSSR count). The maximum absolute atomic E-state index is 2.42. The van der Waals surface area contributed by atoms with Gasteiger partial charge in [-0.1, -0.05) is 53.8 Å². The number of hydrogen-bond acceptors (Lipinski definition) is 0. The smallest absolute Gasteiger partial charge is 0.0712 e. The summed E-state index contributed by atoms with van der Waals surface area (Å²) < 4.78 is 0. The third-order valence-electron chi connectivity index (χ3n) is 2.19. The lowest BCUT2D eigenvalue weighted by atomic mass is 10.2. The second-order valence-electron chi connectivity index (χ2n) is 4.57. The average molecular weight is 194 g/mol. The van der Waals surface area contributed by atoms with Crippen LogP contribution in [0, 0.1) is 6.92 Å². The summed E-state index contributed by atoms with van der Waals surface area (Å²) in [6, 6.07) is 6.93. The summed E-state index contributed by atoms with van der Waals surface area (Å²) in [7, 11) is 0.124. The van der Waals surface area contributed by atoms with Crippen LogP contribution in [0.25, 0.3) is 0 Å². The first-order valence-electron chi connectivity index (χ1n) is 4.49. The molecule has 1 aromatic carbocycles. The fourth-order valence-electron chi connectivity index (χ4n) is 1.66. The van der Waals surface area contributed by atoms with Gasteiger partial charge >= 0.3 is 0 Å². The third kappa shape index (κ3) is 2.08. The Labute approximate surface area is 79.4 Å².